The van der Waals surface area contributed by atoms with Crippen molar-refractivity contribution in [3.8, 4) is 0 Å². The third kappa shape index (κ3) is 4.03. The summed E-state index contributed by atoms with van der Waals surface area (Å²) >= 11 is 1.49. The van der Waals surface area contributed by atoms with Gasteiger partial charge in [-0.05, 0) is 13.2 Å². The van der Waals surface area contributed by atoms with Crippen LogP contribution < -0.4 is 0 Å². The molecule has 0 fully saturated rings. The highest BCUT2D eigenvalue weighted by molar-refractivity contribution is 7.99. The van der Waals surface area contributed by atoms with E-state index in [0.717, 1.165) is 0 Å². The predicted molar refractivity (Wildman–Crippen MR) is 44.6 cm³/mol. The number of ether oxygens (including phenoxy) is 1. The van der Waals surface area contributed by atoms with Crippen molar-refractivity contribution in [3.05, 3.63) is 0 Å². The summed E-state index contributed by atoms with van der Waals surface area (Å²) in [4.78, 5) is 20.8. The summed E-state index contributed by atoms with van der Waals surface area (Å²) in [6.45, 7) is 3.14. The summed E-state index contributed by atoms with van der Waals surface area (Å²) in [5, 5.41) is 0.0244. The lowest BCUT2D eigenvalue weighted by molar-refractivity contribution is -0.149. The number of rotatable bonds is 4. The fraction of sp³-hybridized carbons (Fsp3) is 0.714. The second kappa shape index (κ2) is 5.18. The zero-order chi connectivity index (χ0) is 8.85. The molecule has 0 aromatic carbocycles. The molecule has 0 spiro atoms. The monoisotopic (exact) mass is 176 g/mol. The minimum absolute atomic E-state index is 0.0244. The predicted octanol–water partition coefficient (Wildman–Crippen LogP) is 0.869. The van der Waals surface area contributed by atoms with Crippen LogP contribution in [0.25, 0.3) is 0 Å². The first-order chi connectivity index (χ1) is 5.11. The molecule has 0 bridgehead atoms. The highest BCUT2D eigenvalue weighted by atomic mass is 32.2. The topological polar surface area (TPSA) is 43.4 Å². The van der Waals surface area contributed by atoms with Crippen LogP contribution in [-0.2, 0) is 14.3 Å². The van der Waals surface area contributed by atoms with Crippen LogP contribution in [-0.4, -0.2) is 29.9 Å². The Morgan fingerprint density at radius 3 is 2.45 bits per heavy atom. The molecule has 2 atom stereocenters. The Balaban J connectivity index is 3.94. The van der Waals surface area contributed by atoms with Crippen molar-refractivity contribution in [1.29, 1.82) is 0 Å². The molecule has 64 valence electrons. The van der Waals surface area contributed by atoms with Gasteiger partial charge in [0.2, 0.25) is 0 Å². The number of hydrogen-bond donors (Lipinski definition) is 0. The Kier molecular flexibility index (Phi) is 4.94. The molecule has 3 nitrogen and oxygen atoms in total. The highest BCUT2D eigenvalue weighted by Crippen LogP contribution is 2.11. The zero-order valence-electron chi connectivity index (χ0n) is 6.87. The molecule has 2 unspecified atom stereocenters. The van der Waals surface area contributed by atoms with E-state index in [1.165, 1.54) is 18.7 Å². The van der Waals surface area contributed by atoms with E-state index in [1.54, 1.807) is 0 Å². The van der Waals surface area contributed by atoms with E-state index in [-0.39, 0.29) is 5.25 Å². The standard InChI is InChI=1S/C7H12O3S/c1-5(11-3)7(4-8)10-6(2)9/h4-5,7H,1-3H3. The molecule has 0 aromatic rings. The average Bonchev–Trinajstić information content (AvgIpc) is 1.98. The molecule has 0 radical (unpaired) electrons. The van der Waals surface area contributed by atoms with Gasteiger partial charge in [-0.25, -0.2) is 0 Å². The molecule has 0 rings (SSSR count). The van der Waals surface area contributed by atoms with Gasteiger partial charge in [-0.3, -0.25) is 9.59 Å². The van der Waals surface area contributed by atoms with Crippen molar-refractivity contribution < 1.29 is 14.3 Å². The van der Waals surface area contributed by atoms with Crippen molar-refractivity contribution in [3.63, 3.8) is 0 Å². The first-order valence-corrected chi connectivity index (χ1v) is 4.56. The number of thioether (sulfide) groups is 1. The molecule has 0 saturated carbocycles. The maximum Gasteiger partial charge on any atom is 0.303 e. The summed E-state index contributed by atoms with van der Waals surface area (Å²) in [7, 11) is 0. The van der Waals surface area contributed by atoms with Crippen molar-refractivity contribution in [1.82, 2.24) is 0 Å². The van der Waals surface area contributed by atoms with Gasteiger partial charge >= 0.3 is 5.97 Å². The van der Waals surface area contributed by atoms with Gasteiger partial charge in [0.25, 0.3) is 0 Å². The van der Waals surface area contributed by atoms with E-state index < -0.39 is 12.1 Å². The van der Waals surface area contributed by atoms with Crippen molar-refractivity contribution in [2.24, 2.45) is 0 Å². The van der Waals surface area contributed by atoms with Gasteiger partial charge in [-0.15, -0.1) is 0 Å². The molecule has 0 aromatic heterocycles. The number of carbonyl (C=O) groups excluding carboxylic acids is 2. The number of aldehydes is 1. The van der Waals surface area contributed by atoms with Crippen LogP contribution in [0.2, 0.25) is 0 Å². The van der Waals surface area contributed by atoms with Crippen LogP contribution in [0, 0.1) is 0 Å². The molecule has 0 saturated heterocycles. The SMILES string of the molecule is CSC(C)C(C=O)OC(C)=O. The van der Waals surface area contributed by atoms with E-state index >= 15 is 0 Å². The number of esters is 1. The third-order valence-electron chi connectivity index (χ3n) is 1.27. The minimum Gasteiger partial charge on any atom is -0.454 e. The lowest BCUT2D eigenvalue weighted by Gasteiger charge is -2.15. The quantitative estimate of drug-likeness (QED) is 0.471. The van der Waals surface area contributed by atoms with Crippen LogP contribution in [0.3, 0.4) is 0 Å². The summed E-state index contributed by atoms with van der Waals surface area (Å²) in [6.07, 6.45) is 1.91. The summed E-state index contributed by atoms with van der Waals surface area (Å²) in [6, 6.07) is 0. The van der Waals surface area contributed by atoms with Crippen LogP contribution in [0.5, 0.6) is 0 Å². The fourth-order valence-electron chi connectivity index (χ4n) is 0.560. The summed E-state index contributed by atoms with van der Waals surface area (Å²) in [5.74, 6) is -0.414. The Hall–Kier alpha value is -0.510. The second-order valence-electron chi connectivity index (χ2n) is 2.15. The average molecular weight is 176 g/mol. The Bertz CT molecular complexity index is 147. The van der Waals surface area contributed by atoms with Gasteiger partial charge in [0.05, 0.1) is 0 Å². The van der Waals surface area contributed by atoms with E-state index in [9.17, 15) is 9.59 Å². The van der Waals surface area contributed by atoms with Gasteiger partial charge in [-0.2, -0.15) is 11.8 Å². The first kappa shape index (κ1) is 10.5. The third-order valence-corrected chi connectivity index (χ3v) is 2.28. The van der Waals surface area contributed by atoms with E-state index in [2.05, 4.69) is 0 Å². The van der Waals surface area contributed by atoms with Crippen LogP contribution in [0.4, 0.5) is 0 Å². The van der Waals surface area contributed by atoms with E-state index in [4.69, 9.17) is 4.74 Å². The van der Waals surface area contributed by atoms with Crippen LogP contribution >= 0.6 is 11.8 Å². The molecular weight excluding hydrogens is 164 g/mol. The summed E-state index contributed by atoms with van der Waals surface area (Å²) in [5.41, 5.74) is 0. The number of carbonyl (C=O) groups is 2. The Morgan fingerprint density at radius 2 is 2.18 bits per heavy atom. The molecule has 4 heteroatoms. The van der Waals surface area contributed by atoms with Crippen LogP contribution in [0.1, 0.15) is 13.8 Å². The van der Waals surface area contributed by atoms with Crippen molar-refractivity contribution in [2.45, 2.75) is 25.2 Å². The maximum atomic E-state index is 10.4. The lowest BCUT2D eigenvalue weighted by atomic mass is 10.3. The van der Waals surface area contributed by atoms with Gasteiger partial charge in [-0.1, -0.05) is 0 Å². The zero-order valence-corrected chi connectivity index (χ0v) is 7.68. The minimum atomic E-state index is -0.609. The van der Waals surface area contributed by atoms with Crippen LogP contribution in [0.15, 0.2) is 0 Å². The maximum absolute atomic E-state index is 10.4. The molecule has 0 N–H and O–H groups in total. The van der Waals surface area contributed by atoms with Crippen molar-refractivity contribution in [2.75, 3.05) is 6.26 Å². The molecule has 0 aliphatic rings. The van der Waals surface area contributed by atoms with E-state index in [1.807, 2.05) is 13.2 Å². The Morgan fingerprint density at radius 1 is 1.64 bits per heavy atom. The first-order valence-electron chi connectivity index (χ1n) is 3.27. The summed E-state index contributed by atoms with van der Waals surface area (Å²) < 4.78 is 4.72. The number of hydrogen-bond acceptors (Lipinski definition) is 4. The Labute approximate surface area is 70.5 Å². The smallest absolute Gasteiger partial charge is 0.303 e. The van der Waals surface area contributed by atoms with Gasteiger partial charge in [0.1, 0.15) is 0 Å². The second-order valence-corrected chi connectivity index (χ2v) is 3.37. The molecular formula is C7H12O3S. The van der Waals surface area contributed by atoms with Gasteiger partial charge in [0.15, 0.2) is 12.4 Å². The van der Waals surface area contributed by atoms with Gasteiger partial charge < -0.3 is 4.74 Å². The lowest BCUT2D eigenvalue weighted by Crippen LogP contribution is -2.27. The fourth-order valence-corrected chi connectivity index (χ4v) is 0.948. The van der Waals surface area contributed by atoms with E-state index in [0.29, 0.717) is 6.29 Å². The van der Waals surface area contributed by atoms with Gasteiger partial charge in [0, 0.05) is 12.2 Å². The molecule has 0 aliphatic carbocycles. The normalized spacial score (nSPS) is 15.2. The molecule has 0 heterocycles. The molecule has 11 heavy (non-hydrogen) atoms. The highest BCUT2D eigenvalue weighted by Gasteiger charge is 2.17. The molecule has 0 aliphatic heterocycles. The molecule has 0 amide bonds. The largest absolute Gasteiger partial charge is 0.454 e. The van der Waals surface area contributed by atoms with Crippen molar-refractivity contribution >= 4 is 24.0 Å².